The van der Waals surface area contributed by atoms with Crippen LogP contribution in [0.3, 0.4) is 0 Å². The molecule has 4 heteroatoms. The van der Waals surface area contributed by atoms with E-state index in [9.17, 15) is 4.79 Å². The Kier molecular flexibility index (Phi) is 3.78. The van der Waals surface area contributed by atoms with Crippen LogP contribution in [-0.2, 0) is 11.2 Å². The third-order valence-electron chi connectivity index (χ3n) is 2.88. The van der Waals surface area contributed by atoms with Crippen molar-refractivity contribution in [2.75, 3.05) is 0 Å². The third-order valence-corrected chi connectivity index (χ3v) is 2.88. The summed E-state index contributed by atoms with van der Waals surface area (Å²) in [6.45, 7) is 0. The van der Waals surface area contributed by atoms with Crippen LogP contribution in [0.5, 0.6) is 5.75 Å². The molecule has 0 amide bonds. The van der Waals surface area contributed by atoms with Gasteiger partial charge in [-0.15, -0.1) is 0 Å². The molecule has 3 rings (SSSR count). The first-order valence-electron chi connectivity index (χ1n) is 6.57. The van der Waals surface area contributed by atoms with E-state index in [2.05, 4.69) is 4.98 Å². The molecular weight excluding hydrogens is 266 g/mol. The van der Waals surface area contributed by atoms with Crippen molar-refractivity contribution >= 4 is 5.97 Å². The molecule has 0 aliphatic carbocycles. The van der Waals surface area contributed by atoms with E-state index in [1.54, 1.807) is 30.5 Å². The highest BCUT2D eigenvalue weighted by molar-refractivity contribution is 5.74. The molecule has 0 N–H and O–H groups in total. The van der Waals surface area contributed by atoms with Crippen molar-refractivity contribution < 1.29 is 13.9 Å². The van der Waals surface area contributed by atoms with Gasteiger partial charge in [-0.2, -0.15) is 0 Å². The number of benzene rings is 2. The second-order valence-corrected chi connectivity index (χ2v) is 4.45. The maximum absolute atomic E-state index is 11.8. The first-order chi connectivity index (χ1) is 10.3. The minimum Gasteiger partial charge on any atom is -0.440 e. The fourth-order valence-corrected chi connectivity index (χ4v) is 1.91. The van der Waals surface area contributed by atoms with Crippen LogP contribution in [0.4, 0.5) is 0 Å². The van der Waals surface area contributed by atoms with E-state index in [0.29, 0.717) is 17.4 Å². The zero-order valence-corrected chi connectivity index (χ0v) is 11.2. The Balaban J connectivity index is 1.66. The van der Waals surface area contributed by atoms with E-state index in [1.165, 1.54) is 0 Å². The summed E-state index contributed by atoms with van der Waals surface area (Å²) in [7, 11) is 0. The number of hydrogen-bond donors (Lipinski definition) is 0. The van der Waals surface area contributed by atoms with Crippen LogP contribution < -0.4 is 4.74 Å². The monoisotopic (exact) mass is 279 g/mol. The maximum Gasteiger partial charge on any atom is 0.320 e. The summed E-state index contributed by atoms with van der Waals surface area (Å²) in [4.78, 5) is 15.9. The van der Waals surface area contributed by atoms with Gasteiger partial charge in [-0.05, 0) is 12.1 Å². The molecule has 0 aliphatic rings. The Bertz CT molecular complexity index is 720. The number of esters is 1. The van der Waals surface area contributed by atoms with Crippen LogP contribution in [0.2, 0.25) is 0 Å². The molecule has 3 aromatic rings. The van der Waals surface area contributed by atoms with Crippen molar-refractivity contribution in [2.24, 2.45) is 0 Å². The van der Waals surface area contributed by atoms with Crippen molar-refractivity contribution in [3.05, 3.63) is 72.8 Å². The number of rotatable bonds is 4. The molecule has 0 radical (unpaired) electrons. The first kappa shape index (κ1) is 13.1. The van der Waals surface area contributed by atoms with E-state index >= 15 is 0 Å². The average molecular weight is 279 g/mol. The predicted molar refractivity (Wildman–Crippen MR) is 77.7 cm³/mol. The Morgan fingerprint density at radius 1 is 1.00 bits per heavy atom. The normalized spacial score (nSPS) is 10.3. The summed E-state index contributed by atoms with van der Waals surface area (Å²) >= 11 is 0. The highest BCUT2D eigenvalue weighted by Gasteiger charge is 2.12. The highest BCUT2D eigenvalue weighted by Crippen LogP contribution is 2.20. The molecular formula is C17H13NO3. The number of para-hydroxylation sites is 1. The Labute approximate surface area is 122 Å². The van der Waals surface area contributed by atoms with Crippen LogP contribution >= 0.6 is 0 Å². The molecule has 0 saturated carbocycles. The van der Waals surface area contributed by atoms with Gasteiger partial charge >= 0.3 is 5.97 Å². The van der Waals surface area contributed by atoms with Crippen molar-refractivity contribution in [1.82, 2.24) is 4.98 Å². The highest BCUT2D eigenvalue weighted by atomic mass is 16.5. The lowest BCUT2D eigenvalue weighted by Gasteiger charge is -2.01. The lowest BCUT2D eigenvalue weighted by Crippen LogP contribution is -2.11. The topological polar surface area (TPSA) is 52.3 Å². The zero-order chi connectivity index (χ0) is 14.5. The summed E-state index contributed by atoms with van der Waals surface area (Å²) in [5, 5.41) is 0. The largest absolute Gasteiger partial charge is 0.440 e. The maximum atomic E-state index is 11.8. The molecule has 0 fully saturated rings. The van der Waals surface area contributed by atoms with Gasteiger partial charge in [0.25, 0.3) is 0 Å². The number of carbonyl (C=O) groups is 1. The fourth-order valence-electron chi connectivity index (χ4n) is 1.91. The smallest absolute Gasteiger partial charge is 0.320 e. The number of oxazole rings is 1. The molecule has 0 aliphatic heterocycles. The Hall–Kier alpha value is -2.88. The number of carbonyl (C=O) groups excluding carboxylic acids is 1. The molecule has 1 aromatic heterocycles. The molecule has 0 atom stereocenters. The van der Waals surface area contributed by atoms with Crippen LogP contribution in [0.15, 0.2) is 71.3 Å². The molecule has 104 valence electrons. The summed E-state index contributed by atoms with van der Waals surface area (Å²) in [5.41, 5.74) is 0.924. The lowest BCUT2D eigenvalue weighted by atomic mass is 10.2. The molecule has 0 saturated heterocycles. The van der Waals surface area contributed by atoms with Crippen molar-refractivity contribution in [1.29, 1.82) is 0 Å². The predicted octanol–water partition coefficient (Wildman–Crippen LogP) is 3.49. The number of aromatic nitrogens is 1. The molecule has 2 aromatic carbocycles. The molecule has 4 nitrogen and oxygen atoms in total. The molecule has 0 bridgehead atoms. The minimum absolute atomic E-state index is 0.00171. The summed E-state index contributed by atoms with van der Waals surface area (Å²) < 4.78 is 10.8. The zero-order valence-electron chi connectivity index (χ0n) is 11.2. The van der Waals surface area contributed by atoms with Gasteiger partial charge in [0.2, 0.25) is 5.89 Å². The van der Waals surface area contributed by atoms with Gasteiger partial charge in [0.15, 0.2) is 5.76 Å². The summed E-state index contributed by atoms with van der Waals surface area (Å²) in [5.74, 6) is 1.09. The molecule has 0 spiro atoms. The van der Waals surface area contributed by atoms with E-state index in [-0.39, 0.29) is 6.42 Å². The van der Waals surface area contributed by atoms with Gasteiger partial charge < -0.3 is 9.15 Å². The van der Waals surface area contributed by atoms with Crippen molar-refractivity contribution in [3.63, 3.8) is 0 Å². The number of ether oxygens (including phenoxy) is 1. The van der Waals surface area contributed by atoms with Crippen LogP contribution in [0.25, 0.3) is 11.3 Å². The van der Waals surface area contributed by atoms with Crippen molar-refractivity contribution in [2.45, 2.75) is 6.42 Å². The first-order valence-corrected chi connectivity index (χ1v) is 6.57. The van der Waals surface area contributed by atoms with E-state index in [1.807, 2.05) is 36.4 Å². The minimum atomic E-state index is -0.400. The number of nitrogens with zero attached hydrogens (tertiary/aromatic N) is 1. The fraction of sp³-hybridized carbons (Fsp3) is 0.0588. The van der Waals surface area contributed by atoms with Gasteiger partial charge in [0.05, 0.1) is 6.20 Å². The Morgan fingerprint density at radius 2 is 1.67 bits per heavy atom. The van der Waals surface area contributed by atoms with Gasteiger partial charge in [-0.3, -0.25) is 4.79 Å². The molecule has 0 unspecified atom stereocenters. The van der Waals surface area contributed by atoms with Crippen LogP contribution in [-0.4, -0.2) is 11.0 Å². The second kappa shape index (κ2) is 6.05. The van der Waals surface area contributed by atoms with Gasteiger partial charge in [-0.25, -0.2) is 4.98 Å². The SMILES string of the molecule is O=C(Cc1ncc(-c2ccccc2)o1)Oc1ccccc1. The quantitative estimate of drug-likeness (QED) is 0.542. The second-order valence-electron chi connectivity index (χ2n) is 4.45. The molecule has 21 heavy (non-hydrogen) atoms. The standard InChI is InChI=1S/C17H13NO3/c19-17(20-14-9-5-2-6-10-14)11-16-18-12-15(21-16)13-7-3-1-4-8-13/h1-10,12H,11H2. The van der Waals surface area contributed by atoms with Crippen LogP contribution in [0.1, 0.15) is 5.89 Å². The van der Waals surface area contributed by atoms with Gasteiger partial charge in [0.1, 0.15) is 12.2 Å². The molecule has 1 heterocycles. The van der Waals surface area contributed by atoms with Gasteiger partial charge in [0, 0.05) is 5.56 Å². The Morgan fingerprint density at radius 3 is 2.38 bits per heavy atom. The van der Waals surface area contributed by atoms with Crippen LogP contribution in [0, 0.1) is 0 Å². The number of hydrogen-bond acceptors (Lipinski definition) is 4. The van der Waals surface area contributed by atoms with E-state index < -0.39 is 5.97 Å². The van der Waals surface area contributed by atoms with E-state index in [4.69, 9.17) is 9.15 Å². The summed E-state index contributed by atoms with van der Waals surface area (Å²) in [6.07, 6.45) is 1.61. The van der Waals surface area contributed by atoms with Crippen molar-refractivity contribution in [3.8, 4) is 17.1 Å². The lowest BCUT2D eigenvalue weighted by molar-refractivity contribution is -0.133. The summed E-state index contributed by atoms with van der Waals surface area (Å²) in [6, 6.07) is 18.5. The van der Waals surface area contributed by atoms with E-state index in [0.717, 1.165) is 5.56 Å². The van der Waals surface area contributed by atoms with Gasteiger partial charge in [-0.1, -0.05) is 48.5 Å². The average Bonchev–Trinajstić information content (AvgIpc) is 2.97. The third kappa shape index (κ3) is 3.36.